The largest absolute Gasteiger partial charge is 0.481 e. The van der Waals surface area contributed by atoms with Crippen LogP contribution in [0.4, 0.5) is 0 Å². The smallest absolute Gasteiger partial charge is 0.310 e. The number of aliphatic carboxylic acids is 1. The second-order valence-corrected chi connectivity index (χ2v) is 6.90. The van der Waals surface area contributed by atoms with Crippen molar-refractivity contribution in [3.05, 3.63) is 0 Å². The summed E-state index contributed by atoms with van der Waals surface area (Å²) in [5, 5.41) is 11.9. The summed E-state index contributed by atoms with van der Waals surface area (Å²) in [5.74, 6) is -0.545. The van der Waals surface area contributed by atoms with Crippen LogP contribution < -0.4 is 5.32 Å². The minimum atomic E-state index is -2.89. The highest BCUT2D eigenvalue weighted by Gasteiger charge is 2.32. The van der Waals surface area contributed by atoms with Crippen molar-refractivity contribution in [2.45, 2.75) is 26.3 Å². The average molecular weight is 235 g/mol. The van der Waals surface area contributed by atoms with Crippen LogP contribution in [0.3, 0.4) is 0 Å². The van der Waals surface area contributed by atoms with Gasteiger partial charge in [-0.3, -0.25) is 4.79 Å². The maximum absolute atomic E-state index is 11.1. The molecule has 0 amide bonds. The van der Waals surface area contributed by atoms with E-state index in [0.717, 1.165) is 0 Å². The average Bonchev–Trinajstić information content (AvgIpc) is 2.42. The molecule has 6 heteroatoms. The van der Waals surface area contributed by atoms with Gasteiger partial charge in [0.2, 0.25) is 0 Å². The molecule has 2 N–H and O–H groups in total. The Morgan fingerprint density at radius 3 is 2.53 bits per heavy atom. The maximum Gasteiger partial charge on any atom is 0.310 e. The number of carboxylic acid groups (broad SMARTS) is 1. The SMILES string of the molecule is CC(C)(CNC1CCS(=O)(=O)C1)C(=O)O. The van der Waals surface area contributed by atoms with Gasteiger partial charge in [0, 0.05) is 12.6 Å². The van der Waals surface area contributed by atoms with Gasteiger partial charge < -0.3 is 10.4 Å². The van der Waals surface area contributed by atoms with Crippen LogP contribution >= 0.6 is 0 Å². The van der Waals surface area contributed by atoms with E-state index in [9.17, 15) is 13.2 Å². The molecule has 0 saturated carbocycles. The molecule has 1 rings (SSSR count). The van der Waals surface area contributed by atoms with E-state index >= 15 is 0 Å². The zero-order valence-electron chi connectivity index (χ0n) is 8.99. The lowest BCUT2D eigenvalue weighted by atomic mass is 9.93. The highest BCUT2D eigenvalue weighted by molar-refractivity contribution is 7.91. The van der Waals surface area contributed by atoms with Crippen molar-refractivity contribution < 1.29 is 18.3 Å². The predicted molar refractivity (Wildman–Crippen MR) is 56.5 cm³/mol. The number of hydrogen-bond acceptors (Lipinski definition) is 4. The van der Waals surface area contributed by atoms with Crippen LogP contribution in [-0.4, -0.2) is 43.6 Å². The van der Waals surface area contributed by atoms with Crippen LogP contribution in [0.5, 0.6) is 0 Å². The summed E-state index contributed by atoms with van der Waals surface area (Å²) in [6.45, 7) is 3.53. The van der Waals surface area contributed by atoms with Crippen LogP contribution in [-0.2, 0) is 14.6 Å². The summed E-state index contributed by atoms with van der Waals surface area (Å²) in [6, 6.07) is -0.0892. The lowest BCUT2D eigenvalue weighted by Crippen LogP contribution is -2.41. The highest BCUT2D eigenvalue weighted by atomic mass is 32.2. The Morgan fingerprint density at radius 2 is 2.13 bits per heavy atom. The van der Waals surface area contributed by atoms with E-state index in [1.165, 1.54) is 0 Å². The van der Waals surface area contributed by atoms with Gasteiger partial charge in [0.25, 0.3) is 0 Å². The van der Waals surface area contributed by atoms with Crippen LogP contribution in [0.2, 0.25) is 0 Å². The van der Waals surface area contributed by atoms with Gasteiger partial charge in [-0.05, 0) is 20.3 Å². The van der Waals surface area contributed by atoms with E-state index in [0.29, 0.717) is 13.0 Å². The summed E-state index contributed by atoms with van der Waals surface area (Å²) in [7, 11) is -2.89. The molecule has 0 bridgehead atoms. The van der Waals surface area contributed by atoms with Crippen LogP contribution in [0, 0.1) is 5.41 Å². The molecule has 5 nitrogen and oxygen atoms in total. The van der Waals surface area contributed by atoms with Crippen LogP contribution in [0.15, 0.2) is 0 Å². The molecule has 1 saturated heterocycles. The van der Waals surface area contributed by atoms with Gasteiger partial charge in [-0.1, -0.05) is 0 Å². The summed E-state index contributed by atoms with van der Waals surface area (Å²) in [4.78, 5) is 10.8. The maximum atomic E-state index is 11.1. The predicted octanol–water partition coefficient (Wildman–Crippen LogP) is -0.126. The van der Waals surface area contributed by atoms with Gasteiger partial charge in [0.15, 0.2) is 9.84 Å². The van der Waals surface area contributed by atoms with Gasteiger partial charge in [0.05, 0.1) is 16.9 Å². The quantitative estimate of drug-likeness (QED) is 0.709. The Hall–Kier alpha value is -0.620. The van der Waals surface area contributed by atoms with E-state index in [2.05, 4.69) is 5.32 Å². The Labute approximate surface area is 89.8 Å². The Morgan fingerprint density at radius 1 is 1.53 bits per heavy atom. The van der Waals surface area contributed by atoms with Gasteiger partial charge in [-0.2, -0.15) is 0 Å². The lowest BCUT2D eigenvalue weighted by Gasteiger charge is -2.21. The molecule has 88 valence electrons. The van der Waals surface area contributed by atoms with E-state index in [-0.39, 0.29) is 17.5 Å². The van der Waals surface area contributed by atoms with E-state index < -0.39 is 21.2 Å². The number of rotatable bonds is 4. The third-order valence-electron chi connectivity index (χ3n) is 2.64. The number of carbonyl (C=O) groups is 1. The first-order valence-corrected chi connectivity index (χ1v) is 6.72. The molecule has 15 heavy (non-hydrogen) atoms. The minimum absolute atomic E-state index is 0.0892. The summed E-state index contributed by atoms with van der Waals surface area (Å²) in [6.07, 6.45) is 0.581. The van der Waals surface area contributed by atoms with Gasteiger partial charge in [-0.15, -0.1) is 0 Å². The summed E-state index contributed by atoms with van der Waals surface area (Å²) >= 11 is 0. The topological polar surface area (TPSA) is 83.5 Å². The normalized spacial score (nSPS) is 25.3. The highest BCUT2D eigenvalue weighted by Crippen LogP contribution is 2.16. The van der Waals surface area contributed by atoms with Gasteiger partial charge in [-0.25, -0.2) is 8.42 Å². The monoisotopic (exact) mass is 235 g/mol. The van der Waals surface area contributed by atoms with Crippen molar-refractivity contribution in [1.82, 2.24) is 5.32 Å². The molecule has 0 aliphatic carbocycles. The second kappa shape index (κ2) is 4.09. The number of sulfone groups is 1. The molecule has 0 aromatic rings. The third-order valence-corrected chi connectivity index (χ3v) is 4.41. The Bertz CT molecular complexity index is 347. The molecule has 1 aliphatic rings. The standard InChI is InChI=1S/C9H17NO4S/c1-9(2,8(11)12)6-10-7-3-4-15(13,14)5-7/h7,10H,3-6H2,1-2H3,(H,11,12). The first kappa shape index (κ1) is 12.4. The van der Waals surface area contributed by atoms with Crippen molar-refractivity contribution in [2.24, 2.45) is 5.41 Å². The van der Waals surface area contributed by atoms with Crippen molar-refractivity contribution in [2.75, 3.05) is 18.1 Å². The molecular weight excluding hydrogens is 218 g/mol. The second-order valence-electron chi connectivity index (χ2n) is 4.67. The van der Waals surface area contributed by atoms with Crippen molar-refractivity contribution in [1.29, 1.82) is 0 Å². The fourth-order valence-corrected chi connectivity index (χ4v) is 3.14. The van der Waals surface area contributed by atoms with E-state index in [4.69, 9.17) is 5.11 Å². The van der Waals surface area contributed by atoms with Gasteiger partial charge in [0.1, 0.15) is 0 Å². The molecule has 1 heterocycles. The Kier molecular flexibility index (Phi) is 3.40. The summed E-state index contributed by atoms with van der Waals surface area (Å²) < 4.78 is 22.3. The third kappa shape index (κ3) is 3.46. The number of hydrogen-bond donors (Lipinski definition) is 2. The fourth-order valence-electron chi connectivity index (χ4n) is 1.43. The lowest BCUT2D eigenvalue weighted by molar-refractivity contribution is -0.146. The molecule has 1 fully saturated rings. The molecular formula is C9H17NO4S. The Balaban J connectivity index is 2.43. The van der Waals surface area contributed by atoms with Crippen molar-refractivity contribution >= 4 is 15.8 Å². The first-order valence-electron chi connectivity index (χ1n) is 4.90. The van der Waals surface area contributed by atoms with Crippen LogP contribution in [0.1, 0.15) is 20.3 Å². The van der Waals surface area contributed by atoms with Crippen LogP contribution in [0.25, 0.3) is 0 Å². The molecule has 1 atom stereocenters. The minimum Gasteiger partial charge on any atom is -0.481 e. The molecule has 1 unspecified atom stereocenters. The van der Waals surface area contributed by atoms with E-state index in [1.54, 1.807) is 13.8 Å². The molecule has 0 spiro atoms. The van der Waals surface area contributed by atoms with Gasteiger partial charge >= 0.3 is 5.97 Å². The van der Waals surface area contributed by atoms with E-state index in [1.807, 2.05) is 0 Å². The zero-order valence-corrected chi connectivity index (χ0v) is 9.80. The molecule has 0 radical (unpaired) electrons. The molecule has 0 aromatic carbocycles. The first-order chi connectivity index (χ1) is 6.73. The summed E-state index contributed by atoms with van der Waals surface area (Å²) in [5.41, 5.74) is -0.855. The molecule has 0 aromatic heterocycles. The number of carboxylic acids is 1. The fraction of sp³-hybridized carbons (Fsp3) is 0.889. The number of nitrogens with one attached hydrogen (secondary N) is 1. The van der Waals surface area contributed by atoms with Crippen molar-refractivity contribution in [3.63, 3.8) is 0 Å². The molecule has 1 aliphatic heterocycles. The zero-order chi connectivity index (χ0) is 11.7. The van der Waals surface area contributed by atoms with Crippen molar-refractivity contribution in [3.8, 4) is 0 Å².